The van der Waals surface area contributed by atoms with Crippen LogP contribution in [0.5, 0.6) is 0 Å². The van der Waals surface area contributed by atoms with Gasteiger partial charge in [-0.2, -0.15) is 0 Å². The van der Waals surface area contributed by atoms with Crippen LogP contribution in [0.3, 0.4) is 0 Å². The van der Waals surface area contributed by atoms with Gasteiger partial charge in [-0.05, 0) is 12.3 Å². The fourth-order valence-corrected chi connectivity index (χ4v) is 0. The van der Waals surface area contributed by atoms with Crippen molar-refractivity contribution in [2.24, 2.45) is 0 Å². The highest BCUT2D eigenvalue weighted by Crippen LogP contribution is 1.90. The van der Waals surface area contributed by atoms with Gasteiger partial charge >= 0.3 is 0 Å². The van der Waals surface area contributed by atoms with E-state index in [9.17, 15) is 0 Å². The average molecular weight is 199 g/mol. The summed E-state index contributed by atoms with van der Waals surface area (Å²) in [5.41, 5.74) is 0. The summed E-state index contributed by atoms with van der Waals surface area (Å²) in [6, 6.07) is 0. The number of hydrogen-bond acceptors (Lipinski definition) is 1. The molecule has 0 amide bonds. The molecule has 0 aromatic carbocycles. The van der Waals surface area contributed by atoms with Crippen LogP contribution in [-0.2, 0) is 0 Å². The van der Waals surface area contributed by atoms with E-state index >= 15 is 0 Å². The third-order valence-corrected chi connectivity index (χ3v) is 1.32. The van der Waals surface area contributed by atoms with Crippen LogP contribution in [0.15, 0.2) is 0 Å². The Labute approximate surface area is 51.1 Å². The molecule has 0 aliphatic rings. The van der Waals surface area contributed by atoms with Crippen LogP contribution < -0.4 is 0 Å². The van der Waals surface area contributed by atoms with Crippen molar-refractivity contribution in [2.45, 2.75) is 3.92 Å². The van der Waals surface area contributed by atoms with Gasteiger partial charge in [0.25, 0.3) is 0 Å². The van der Waals surface area contributed by atoms with Gasteiger partial charge in [0, 0.05) is 3.92 Å². The summed E-state index contributed by atoms with van der Waals surface area (Å²) in [7, 11) is 0. The Balaban J connectivity index is 2.83. The van der Waals surface area contributed by atoms with Crippen molar-refractivity contribution < 1.29 is 0 Å². The van der Waals surface area contributed by atoms with Gasteiger partial charge in [-0.1, -0.05) is 34.8 Å². The third kappa shape index (κ3) is 4.82. The Morgan fingerprint density at radius 1 is 2.00 bits per heavy atom. The van der Waals surface area contributed by atoms with Crippen LogP contribution in [-0.4, -0.2) is 9.29 Å². The molecule has 0 nitrogen and oxygen atoms in total. The second kappa shape index (κ2) is 3.03. The lowest BCUT2D eigenvalue weighted by atomic mass is 10.6. The van der Waals surface area contributed by atoms with Gasteiger partial charge in [-0.15, -0.1) is 0 Å². The van der Waals surface area contributed by atoms with Crippen molar-refractivity contribution >= 4 is 40.2 Å². The van der Waals surface area contributed by atoms with Crippen LogP contribution >= 0.6 is 34.8 Å². The van der Waals surface area contributed by atoms with Crippen LogP contribution in [0.1, 0.15) is 0 Å². The van der Waals surface area contributed by atoms with E-state index in [0.29, 0.717) is 3.92 Å². The second-order valence-electron chi connectivity index (χ2n) is 0.652. The summed E-state index contributed by atoms with van der Waals surface area (Å²) in [5, 5.41) is 1.63. The third-order valence-electron chi connectivity index (χ3n) is 0.148. The molecule has 1 radical (unpaired) electrons. The first-order chi connectivity index (χ1) is 2.27. The maximum Gasteiger partial charge on any atom is 0.0393 e. The minimum absolute atomic E-state index is 0.294. The molecule has 0 aromatic heterocycles. The van der Waals surface area contributed by atoms with Gasteiger partial charge in [0.2, 0.25) is 0 Å². The molecule has 0 aliphatic heterocycles. The van der Waals surface area contributed by atoms with Gasteiger partial charge in [0.15, 0.2) is 0 Å². The predicted octanol–water partition coefficient (Wildman–Crippen LogP) is 1.62. The summed E-state index contributed by atoms with van der Waals surface area (Å²) in [6.07, 6.45) is 0. The molecular weight excluding hydrogens is 195 g/mol. The van der Waals surface area contributed by atoms with E-state index in [1.807, 2.05) is 0 Å². The number of hydrogen-bond donors (Lipinski definition) is 0. The molecule has 1 atom stereocenters. The van der Waals surface area contributed by atoms with E-state index in [2.05, 4.69) is 41.7 Å². The molecule has 0 fully saturated rings. The molecule has 0 saturated carbocycles. The van der Waals surface area contributed by atoms with Crippen molar-refractivity contribution in [3.63, 3.8) is 0 Å². The normalized spacial score (nSPS) is 14.0. The maximum absolute atomic E-state index is 4.48. The minimum atomic E-state index is 0.294. The Morgan fingerprint density at radius 2 is 2.20 bits per heavy atom. The van der Waals surface area contributed by atoms with Crippen LogP contribution in [0, 0.1) is 6.92 Å². The Hall–Kier alpha value is 0.820. The van der Waals surface area contributed by atoms with Crippen molar-refractivity contribution in [3.05, 3.63) is 6.92 Å². The van der Waals surface area contributed by atoms with E-state index < -0.39 is 0 Å². The lowest BCUT2D eigenvalue weighted by Crippen LogP contribution is -1.83. The van der Waals surface area contributed by atoms with Crippen molar-refractivity contribution in [1.82, 2.24) is 0 Å². The molecule has 1 unspecified atom stereocenters. The lowest BCUT2D eigenvalue weighted by molar-refractivity contribution is 1.69. The molecule has 0 aliphatic carbocycles. The molecule has 0 N–H and O–H groups in total. The molecule has 0 spiro atoms. The number of thiocarbonyl (C=S) groups is 1. The quantitative estimate of drug-likeness (QED) is 0.351. The first-order valence-corrected chi connectivity index (χ1v) is 2.91. The lowest BCUT2D eigenvalue weighted by Gasteiger charge is -1.79. The standard InChI is InChI=1S/C3H4IS/c1-3(4)2-5/h2-3H,1H2. The first-order valence-electron chi connectivity index (χ1n) is 1.20. The largest absolute Gasteiger partial charge is 0.0923 e. The second-order valence-corrected chi connectivity index (χ2v) is 2.52. The topological polar surface area (TPSA) is 0 Å². The highest BCUT2D eigenvalue weighted by Gasteiger charge is 1.78. The van der Waals surface area contributed by atoms with E-state index in [4.69, 9.17) is 0 Å². The number of alkyl halides is 1. The molecular formula is C3H4IS. The van der Waals surface area contributed by atoms with E-state index in [1.54, 1.807) is 5.37 Å². The molecule has 2 heteroatoms. The van der Waals surface area contributed by atoms with E-state index in [-0.39, 0.29) is 0 Å². The van der Waals surface area contributed by atoms with Gasteiger partial charge in [-0.3, -0.25) is 0 Å². The van der Waals surface area contributed by atoms with E-state index in [0.717, 1.165) is 0 Å². The van der Waals surface area contributed by atoms with Crippen molar-refractivity contribution in [2.75, 3.05) is 0 Å². The molecule has 0 heterocycles. The van der Waals surface area contributed by atoms with Gasteiger partial charge in [-0.25, -0.2) is 0 Å². The van der Waals surface area contributed by atoms with Crippen LogP contribution in [0.4, 0.5) is 0 Å². The summed E-state index contributed by atoms with van der Waals surface area (Å²) in [5.74, 6) is 0. The monoisotopic (exact) mass is 199 g/mol. The molecule has 0 rings (SSSR count). The smallest absolute Gasteiger partial charge is 0.0393 e. The van der Waals surface area contributed by atoms with E-state index in [1.165, 1.54) is 0 Å². The molecule has 0 saturated heterocycles. The summed E-state index contributed by atoms with van der Waals surface area (Å²) < 4.78 is 0.294. The fraction of sp³-hybridized carbons (Fsp3) is 0.333. The molecule has 0 bridgehead atoms. The molecule has 5 heavy (non-hydrogen) atoms. The summed E-state index contributed by atoms with van der Waals surface area (Å²) >= 11 is 6.62. The van der Waals surface area contributed by atoms with Gasteiger partial charge in [0.1, 0.15) is 0 Å². The Bertz CT molecular complexity index is 33.9. The zero-order chi connectivity index (χ0) is 4.28. The van der Waals surface area contributed by atoms with Crippen molar-refractivity contribution in [1.29, 1.82) is 0 Å². The number of halogens is 1. The minimum Gasteiger partial charge on any atom is -0.0923 e. The van der Waals surface area contributed by atoms with Crippen LogP contribution in [0.2, 0.25) is 0 Å². The summed E-state index contributed by atoms with van der Waals surface area (Å²) in [6.45, 7) is 3.58. The highest BCUT2D eigenvalue weighted by atomic mass is 127. The average Bonchev–Trinajstić information content (AvgIpc) is 1.38. The van der Waals surface area contributed by atoms with Crippen molar-refractivity contribution in [3.8, 4) is 0 Å². The Morgan fingerprint density at radius 3 is 2.20 bits per heavy atom. The number of rotatable bonds is 1. The zero-order valence-electron chi connectivity index (χ0n) is 2.65. The zero-order valence-corrected chi connectivity index (χ0v) is 5.62. The first kappa shape index (κ1) is 5.82. The maximum atomic E-state index is 4.48. The Kier molecular flexibility index (Phi) is 3.52. The van der Waals surface area contributed by atoms with Crippen LogP contribution in [0.25, 0.3) is 0 Å². The summed E-state index contributed by atoms with van der Waals surface area (Å²) in [4.78, 5) is 0. The fourth-order valence-electron chi connectivity index (χ4n) is 0. The van der Waals surface area contributed by atoms with Gasteiger partial charge < -0.3 is 0 Å². The molecule has 29 valence electrons. The highest BCUT2D eigenvalue weighted by molar-refractivity contribution is 14.1. The predicted molar refractivity (Wildman–Crippen MR) is 36.8 cm³/mol. The molecule has 0 aromatic rings. The SMILES string of the molecule is [CH2]C(I)C=S. The van der Waals surface area contributed by atoms with Gasteiger partial charge in [0.05, 0.1) is 0 Å².